The molecule has 0 aliphatic carbocycles. The average molecular weight is 742 g/mol. The minimum absolute atomic E-state index is 0.0449. The molecular weight excluding hydrogens is 706 g/mol. The van der Waals surface area contributed by atoms with Crippen LogP contribution in [0.25, 0.3) is 0 Å². The fourth-order valence-electron chi connectivity index (χ4n) is 4.62. The van der Waals surface area contributed by atoms with E-state index in [-0.39, 0.29) is 38.0 Å². The van der Waals surface area contributed by atoms with Crippen LogP contribution in [0.1, 0.15) is 48.0 Å². The molecule has 0 atom stereocenters. The number of pyridine rings is 1. The third-order valence-corrected chi connectivity index (χ3v) is 10.0. The first kappa shape index (κ1) is 36.5. The Morgan fingerprint density at radius 3 is 2.02 bits per heavy atom. The van der Waals surface area contributed by atoms with E-state index in [0.717, 1.165) is 32.3 Å². The molecule has 0 aliphatic heterocycles. The molecule has 2 aromatic heterocycles. The Labute approximate surface area is 299 Å². The molecule has 0 saturated heterocycles. The molecule has 5 rings (SSSR count). The van der Waals surface area contributed by atoms with Crippen LogP contribution in [0.2, 0.25) is 10.0 Å². The number of carbonyl (C=O) groups excluding carboxylic acids is 1. The molecule has 14 heteroatoms. The Balaban J connectivity index is 1.34. The van der Waals surface area contributed by atoms with Gasteiger partial charge in [-0.15, -0.1) is 0 Å². The van der Waals surface area contributed by atoms with Gasteiger partial charge in [-0.05, 0) is 40.8 Å². The number of hydrogen-bond donors (Lipinski definition) is 1. The van der Waals surface area contributed by atoms with Gasteiger partial charge in [0.05, 0.1) is 25.5 Å². The molecule has 1 amide bonds. The molecule has 0 spiro atoms. The summed E-state index contributed by atoms with van der Waals surface area (Å²) in [5, 5.41) is 1.83. The van der Waals surface area contributed by atoms with E-state index < -0.39 is 13.7 Å². The number of nitrogens with two attached hydrogens (primary N) is 1. The molecule has 0 saturated carbocycles. The number of amides is 1. The Hall–Kier alpha value is -3.83. The van der Waals surface area contributed by atoms with E-state index >= 15 is 0 Å². The number of imidazole rings is 1. The van der Waals surface area contributed by atoms with Crippen molar-refractivity contribution in [1.29, 1.82) is 0 Å². The van der Waals surface area contributed by atoms with E-state index in [9.17, 15) is 9.36 Å². The highest BCUT2D eigenvalue weighted by atomic mass is 35.5. The number of nitrogens with zero attached hydrogens (tertiary/aromatic N) is 3. The van der Waals surface area contributed by atoms with Gasteiger partial charge in [0.15, 0.2) is 13.0 Å². The summed E-state index contributed by atoms with van der Waals surface area (Å²) in [7, 11) is -3.71. The van der Waals surface area contributed by atoms with E-state index in [1.807, 2.05) is 97.3 Å². The number of benzene rings is 3. The maximum atomic E-state index is 13.8. The molecule has 0 aliphatic rings. The molecule has 5 aromatic rings. The zero-order valence-electron chi connectivity index (χ0n) is 26.8. The number of primary amides is 1. The predicted octanol–water partition coefficient (Wildman–Crippen LogP) is 9.47. The van der Waals surface area contributed by atoms with E-state index in [1.165, 1.54) is 11.8 Å². The summed E-state index contributed by atoms with van der Waals surface area (Å²) < 4.78 is 38.4. The first-order chi connectivity index (χ1) is 23.6. The summed E-state index contributed by atoms with van der Waals surface area (Å²) in [5.41, 5.74) is 8.59. The summed E-state index contributed by atoms with van der Waals surface area (Å²) >= 11 is 14.0. The number of ether oxygens (including phenoxy) is 2. The zero-order valence-corrected chi connectivity index (χ0v) is 30.1. The van der Waals surface area contributed by atoms with Gasteiger partial charge in [0.2, 0.25) is 5.88 Å². The van der Waals surface area contributed by atoms with Crippen LogP contribution in [-0.4, -0.2) is 27.0 Å². The molecule has 0 radical (unpaired) electrons. The second-order valence-electron chi connectivity index (χ2n) is 11.2. The second-order valence-corrected chi connectivity index (χ2v) is 15.1. The second kappa shape index (κ2) is 17.2. The Morgan fingerprint density at radius 1 is 0.878 bits per heavy atom. The van der Waals surface area contributed by atoms with Crippen molar-refractivity contribution < 1.29 is 27.9 Å². The summed E-state index contributed by atoms with van der Waals surface area (Å²) in [6.45, 7) is 4.45. The number of rotatable bonds is 16. The van der Waals surface area contributed by atoms with Crippen LogP contribution in [0.5, 0.6) is 5.88 Å². The molecule has 2 heterocycles. The molecule has 10 nitrogen and oxygen atoms in total. The van der Waals surface area contributed by atoms with Gasteiger partial charge in [0.1, 0.15) is 10.9 Å². The fraction of sp³-hybridized carbons (Fsp3) is 0.229. The number of halogens is 2. The average Bonchev–Trinajstić information content (AvgIpc) is 3.42. The van der Waals surface area contributed by atoms with E-state index in [0.29, 0.717) is 22.4 Å². The van der Waals surface area contributed by atoms with Crippen molar-refractivity contribution in [2.45, 2.75) is 56.1 Å². The third-order valence-electron chi connectivity index (χ3n) is 7.02. The summed E-state index contributed by atoms with van der Waals surface area (Å²) in [4.78, 5) is 21.6. The Morgan fingerprint density at radius 2 is 1.49 bits per heavy atom. The van der Waals surface area contributed by atoms with Gasteiger partial charge >= 0.3 is 13.7 Å². The lowest BCUT2D eigenvalue weighted by molar-refractivity contribution is 0.145. The van der Waals surface area contributed by atoms with Crippen molar-refractivity contribution in [2.75, 3.05) is 6.35 Å². The lowest BCUT2D eigenvalue weighted by atomic mass is 10.1. The maximum Gasteiger partial charge on any atom is 0.404 e. The van der Waals surface area contributed by atoms with Gasteiger partial charge in [0, 0.05) is 27.2 Å². The van der Waals surface area contributed by atoms with Crippen LogP contribution >= 0.6 is 42.6 Å². The summed E-state index contributed by atoms with van der Waals surface area (Å²) in [5.74, 6) is 0.790. The number of hydrogen-bond acceptors (Lipinski definition) is 9. The normalized spacial score (nSPS) is 11.5. The number of carbonyl (C=O) groups is 1. The van der Waals surface area contributed by atoms with E-state index in [1.54, 1.807) is 18.3 Å². The Kier molecular flexibility index (Phi) is 12.8. The van der Waals surface area contributed by atoms with Crippen molar-refractivity contribution in [3.63, 3.8) is 0 Å². The molecule has 3 aromatic carbocycles. The van der Waals surface area contributed by atoms with Crippen LogP contribution in [0.3, 0.4) is 0 Å². The summed E-state index contributed by atoms with van der Waals surface area (Å²) in [6.07, 6.45) is 0.405. The monoisotopic (exact) mass is 740 g/mol. The van der Waals surface area contributed by atoms with Crippen LogP contribution in [0.15, 0.2) is 107 Å². The Bertz CT molecular complexity index is 1830. The van der Waals surface area contributed by atoms with Crippen LogP contribution in [-0.2, 0) is 44.7 Å². The molecule has 0 unspecified atom stereocenters. The van der Waals surface area contributed by atoms with Crippen LogP contribution < -0.4 is 10.5 Å². The van der Waals surface area contributed by atoms with Crippen molar-refractivity contribution in [1.82, 2.24) is 14.5 Å². The lowest BCUT2D eigenvalue weighted by Crippen LogP contribution is -2.15. The van der Waals surface area contributed by atoms with Gasteiger partial charge < -0.3 is 28.8 Å². The highest BCUT2D eigenvalue weighted by Gasteiger charge is 2.27. The number of aromatic nitrogens is 3. The maximum absolute atomic E-state index is 13.8. The SMILES string of the molecule is CC(C)c1nc(COC(N)=O)n(Cc2ccc(OCP(=O)(OCc3ccccc3)OCc3ccccc3)nc2)c1Sc1cc(Cl)cc(Cl)c1. The van der Waals surface area contributed by atoms with Crippen molar-refractivity contribution in [2.24, 2.45) is 5.73 Å². The topological polar surface area (TPSA) is 128 Å². The smallest absolute Gasteiger partial charge is 0.404 e. The van der Waals surface area contributed by atoms with E-state index in [2.05, 4.69) is 4.98 Å². The van der Waals surface area contributed by atoms with E-state index in [4.69, 9.17) is 52.4 Å². The zero-order chi connectivity index (χ0) is 34.8. The van der Waals surface area contributed by atoms with Gasteiger partial charge in [0.25, 0.3) is 0 Å². The van der Waals surface area contributed by atoms with Crippen LogP contribution in [0.4, 0.5) is 4.79 Å². The van der Waals surface area contributed by atoms with Gasteiger partial charge in [-0.3, -0.25) is 4.57 Å². The minimum atomic E-state index is -3.71. The highest BCUT2D eigenvalue weighted by molar-refractivity contribution is 7.99. The highest BCUT2D eigenvalue weighted by Crippen LogP contribution is 2.49. The quantitative estimate of drug-likeness (QED) is 0.0984. The first-order valence-electron chi connectivity index (χ1n) is 15.3. The minimum Gasteiger partial charge on any atom is -0.465 e. The molecule has 0 fully saturated rings. The largest absolute Gasteiger partial charge is 0.465 e. The first-order valence-corrected chi connectivity index (χ1v) is 18.6. The lowest BCUT2D eigenvalue weighted by Gasteiger charge is -2.19. The fourth-order valence-corrected chi connectivity index (χ4v) is 7.74. The van der Waals surface area contributed by atoms with Crippen LogP contribution in [0, 0.1) is 0 Å². The standard InChI is InChI=1S/C35H35Cl2N4O6PS/c1-24(2)33-34(49-30-16-28(36)15-29(37)17-30)41(31(40-33)22-44-35(38)42)19-27-13-14-32(39-18-27)45-23-48(43,46-20-25-9-5-3-6-10-25)47-21-26-11-7-4-8-12-26/h3-18,24H,19-23H2,1-2H3,(H2,38,42). The molecular formula is C35H35Cl2N4O6PS. The predicted molar refractivity (Wildman–Crippen MR) is 190 cm³/mol. The third kappa shape index (κ3) is 10.8. The van der Waals surface area contributed by atoms with Crippen molar-refractivity contribution >= 4 is 48.7 Å². The molecule has 256 valence electrons. The van der Waals surface area contributed by atoms with Gasteiger partial charge in [-0.25, -0.2) is 14.8 Å². The summed E-state index contributed by atoms with van der Waals surface area (Å²) in [6, 6.07) is 27.7. The van der Waals surface area contributed by atoms with Gasteiger partial charge in [-0.2, -0.15) is 0 Å². The molecule has 2 N–H and O–H groups in total. The molecule has 0 bridgehead atoms. The molecule has 49 heavy (non-hydrogen) atoms. The van der Waals surface area contributed by atoms with Crippen molar-refractivity contribution in [3.05, 3.63) is 135 Å². The van der Waals surface area contributed by atoms with Gasteiger partial charge in [-0.1, -0.05) is 116 Å². The van der Waals surface area contributed by atoms with Crippen molar-refractivity contribution in [3.8, 4) is 5.88 Å².